The summed E-state index contributed by atoms with van der Waals surface area (Å²) < 4.78 is 0. The molecule has 1 amide bonds. The van der Waals surface area contributed by atoms with Crippen LogP contribution >= 0.6 is 0 Å². The molecule has 2 saturated heterocycles. The fourth-order valence-electron chi connectivity index (χ4n) is 4.44. The number of likely N-dealkylation sites (tertiary alicyclic amines) is 1. The Hall–Kier alpha value is -0.610. The Kier molecular flexibility index (Phi) is 4.04. The van der Waals surface area contributed by atoms with Gasteiger partial charge in [-0.25, -0.2) is 0 Å². The standard InChI is InChI=1S/C16H29N3O/c1-3-14-17-16(8-4-5-9-16)15(20)19(14)12-13-7-6-10-18(2)11-13/h13-14,17H,3-12H2,1-2H3. The van der Waals surface area contributed by atoms with Crippen LogP contribution in [-0.2, 0) is 4.79 Å². The lowest BCUT2D eigenvalue weighted by Crippen LogP contribution is -2.45. The normalized spacial score (nSPS) is 34.3. The van der Waals surface area contributed by atoms with Gasteiger partial charge in [0.05, 0.1) is 11.7 Å². The van der Waals surface area contributed by atoms with Gasteiger partial charge in [-0.15, -0.1) is 0 Å². The van der Waals surface area contributed by atoms with Crippen molar-refractivity contribution in [1.29, 1.82) is 0 Å². The van der Waals surface area contributed by atoms with Crippen LogP contribution in [0.1, 0.15) is 51.9 Å². The predicted octanol–water partition coefficient (Wildman–Crippen LogP) is 1.81. The smallest absolute Gasteiger partial charge is 0.244 e. The van der Waals surface area contributed by atoms with Gasteiger partial charge in [-0.05, 0) is 51.6 Å². The van der Waals surface area contributed by atoms with Gasteiger partial charge in [0.15, 0.2) is 0 Å². The Bertz CT molecular complexity index is 365. The molecule has 3 fully saturated rings. The van der Waals surface area contributed by atoms with E-state index in [1.165, 1.54) is 32.2 Å². The number of nitrogens with one attached hydrogen (secondary N) is 1. The summed E-state index contributed by atoms with van der Waals surface area (Å²) >= 11 is 0. The van der Waals surface area contributed by atoms with E-state index in [1.807, 2.05) is 0 Å². The Morgan fingerprint density at radius 1 is 1.30 bits per heavy atom. The topological polar surface area (TPSA) is 35.6 Å². The maximum Gasteiger partial charge on any atom is 0.244 e. The molecule has 0 radical (unpaired) electrons. The monoisotopic (exact) mass is 279 g/mol. The summed E-state index contributed by atoms with van der Waals surface area (Å²) in [6.45, 7) is 5.51. The summed E-state index contributed by atoms with van der Waals surface area (Å²) in [5, 5.41) is 3.68. The number of rotatable bonds is 3. The van der Waals surface area contributed by atoms with Crippen LogP contribution in [0.4, 0.5) is 0 Å². The average molecular weight is 279 g/mol. The molecule has 1 aliphatic carbocycles. The zero-order valence-corrected chi connectivity index (χ0v) is 13.0. The van der Waals surface area contributed by atoms with Gasteiger partial charge in [0.25, 0.3) is 0 Å². The first-order valence-corrected chi connectivity index (χ1v) is 8.42. The molecule has 1 saturated carbocycles. The van der Waals surface area contributed by atoms with E-state index in [2.05, 4.69) is 29.1 Å². The second kappa shape index (κ2) is 5.64. The third-order valence-electron chi connectivity index (χ3n) is 5.51. The summed E-state index contributed by atoms with van der Waals surface area (Å²) in [5.41, 5.74) is -0.193. The zero-order chi connectivity index (χ0) is 14.2. The number of amides is 1. The lowest BCUT2D eigenvalue weighted by atomic mass is 9.95. The number of carbonyl (C=O) groups excluding carboxylic acids is 1. The van der Waals surface area contributed by atoms with E-state index >= 15 is 0 Å². The fourth-order valence-corrected chi connectivity index (χ4v) is 4.44. The van der Waals surface area contributed by atoms with Crippen molar-refractivity contribution in [1.82, 2.24) is 15.1 Å². The Morgan fingerprint density at radius 2 is 2.05 bits per heavy atom. The molecule has 3 rings (SSSR count). The van der Waals surface area contributed by atoms with E-state index in [1.54, 1.807) is 0 Å². The molecule has 0 aromatic rings. The van der Waals surface area contributed by atoms with Crippen molar-refractivity contribution in [3.05, 3.63) is 0 Å². The number of piperidine rings is 1. The van der Waals surface area contributed by atoms with Crippen LogP contribution in [0.5, 0.6) is 0 Å². The Labute approximate surface area is 122 Å². The Morgan fingerprint density at radius 3 is 2.70 bits per heavy atom. The summed E-state index contributed by atoms with van der Waals surface area (Å²) in [6, 6.07) is 0. The van der Waals surface area contributed by atoms with Crippen LogP contribution in [0, 0.1) is 5.92 Å². The van der Waals surface area contributed by atoms with Gasteiger partial charge in [0, 0.05) is 13.1 Å². The predicted molar refractivity (Wildman–Crippen MR) is 80.3 cm³/mol. The minimum Gasteiger partial charge on any atom is -0.325 e. The highest BCUT2D eigenvalue weighted by atomic mass is 16.2. The summed E-state index contributed by atoms with van der Waals surface area (Å²) in [6.07, 6.45) is 8.34. The lowest BCUT2D eigenvalue weighted by molar-refractivity contribution is -0.134. The van der Waals surface area contributed by atoms with Crippen LogP contribution in [0.25, 0.3) is 0 Å². The van der Waals surface area contributed by atoms with Gasteiger partial charge in [-0.2, -0.15) is 0 Å². The summed E-state index contributed by atoms with van der Waals surface area (Å²) in [4.78, 5) is 17.5. The largest absolute Gasteiger partial charge is 0.325 e. The van der Waals surface area contributed by atoms with Crippen molar-refractivity contribution in [2.24, 2.45) is 5.92 Å². The van der Waals surface area contributed by atoms with Crippen molar-refractivity contribution >= 4 is 5.91 Å². The maximum atomic E-state index is 12.9. The third kappa shape index (κ3) is 2.48. The molecule has 0 aromatic carbocycles. The zero-order valence-electron chi connectivity index (χ0n) is 13.0. The molecule has 2 aliphatic heterocycles. The van der Waals surface area contributed by atoms with E-state index in [9.17, 15) is 4.79 Å². The van der Waals surface area contributed by atoms with Gasteiger partial charge in [-0.3, -0.25) is 10.1 Å². The average Bonchev–Trinajstić information content (AvgIpc) is 3.00. The van der Waals surface area contributed by atoms with Crippen molar-refractivity contribution in [2.45, 2.75) is 63.6 Å². The molecule has 4 nitrogen and oxygen atoms in total. The van der Waals surface area contributed by atoms with E-state index in [-0.39, 0.29) is 11.7 Å². The van der Waals surface area contributed by atoms with Crippen LogP contribution in [0.15, 0.2) is 0 Å². The first-order valence-electron chi connectivity index (χ1n) is 8.42. The van der Waals surface area contributed by atoms with Crippen molar-refractivity contribution in [3.63, 3.8) is 0 Å². The van der Waals surface area contributed by atoms with Crippen LogP contribution < -0.4 is 5.32 Å². The van der Waals surface area contributed by atoms with Gasteiger partial charge >= 0.3 is 0 Å². The second-order valence-electron chi connectivity index (χ2n) is 7.09. The highest BCUT2D eigenvalue weighted by Crippen LogP contribution is 2.37. The van der Waals surface area contributed by atoms with Gasteiger partial charge in [0.1, 0.15) is 0 Å². The molecule has 2 atom stereocenters. The highest BCUT2D eigenvalue weighted by Gasteiger charge is 2.51. The molecular weight excluding hydrogens is 250 g/mol. The molecule has 2 heterocycles. The lowest BCUT2D eigenvalue weighted by Gasteiger charge is -2.34. The quantitative estimate of drug-likeness (QED) is 0.856. The molecule has 0 aromatic heterocycles. The molecule has 1 spiro atoms. The minimum absolute atomic E-state index is 0.193. The first kappa shape index (κ1) is 14.3. The molecule has 3 aliphatic rings. The van der Waals surface area contributed by atoms with Gasteiger partial charge in [0.2, 0.25) is 5.91 Å². The summed E-state index contributed by atoms with van der Waals surface area (Å²) in [7, 11) is 2.20. The van der Waals surface area contributed by atoms with Crippen molar-refractivity contribution in [3.8, 4) is 0 Å². The molecule has 0 bridgehead atoms. The molecule has 2 unspecified atom stereocenters. The minimum atomic E-state index is -0.193. The molecule has 114 valence electrons. The van der Waals surface area contributed by atoms with Crippen molar-refractivity contribution in [2.75, 3.05) is 26.7 Å². The van der Waals surface area contributed by atoms with E-state index in [0.717, 1.165) is 32.4 Å². The van der Waals surface area contributed by atoms with Gasteiger partial charge < -0.3 is 9.80 Å². The van der Waals surface area contributed by atoms with Crippen LogP contribution in [-0.4, -0.2) is 54.1 Å². The number of hydrogen-bond donors (Lipinski definition) is 1. The summed E-state index contributed by atoms with van der Waals surface area (Å²) in [5.74, 6) is 1.06. The van der Waals surface area contributed by atoms with Crippen molar-refractivity contribution < 1.29 is 4.79 Å². The van der Waals surface area contributed by atoms with Gasteiger partial charge in [-0.1, -0.05) is 19.8 Å². The second-order valence-corrected chi connectivity index (χ2v) is 7.09. The SMILES string of the molecule is CCC1NC2(CCCC2)C(=O)N1CC1CCCN(C)C1. The highest BCUT2D eigenvalue weighted by molar-refractivity contribution is 5.89. The fraction of sp³-hybridized carbons (Fsp3) is 0.938. The number of carbonyl (C=O) groups is 1. The molecular formula is C16H29N3O. The molecule has 4 heteroatoms. The maximum absolute atomic E-state index is 12.9. The van der Waals surface area contributed by atoms with E-state index in [0.29, 0.717) is 11.8 Å². The van der Waals surface area contributed by atoms with E-state index < -0.39 is 0 Å². The molecule has 1 N–H and O–H groups in total. The number of hydrogen-bond acceptors (Lipinski definition) is 3. The van der Waals surface area contributed by atoms with Crippen LogP contribution in [0.2, 0.25) is 0 Å². The third-order valence-corrected chi connectivity index (χ3v) is 5.51. The van der Waals surface area contributed by atoms with Crippen LogP contribution in [0.3, 0.4) is 0 Å². The first-order chi connectivity index (χ1) is 9.64. The molecule has 20 heavy (non-hydrogen) atoms. The Balaban J connectivity index is 1.69. The number of nitrogens with zero attached hydrogens (tertiary/aromatic N) is 2. The van der Waals surface area contributed by atoms with E-state index in [4.69, 9.17) is 0 Å².